The van der Waals surface area contributed by atoms with Crippen molar-refractivity contribution >= 4 is 55.3 Å². The molecule has 1 aliphatic rings. The zero-order chi connectivity index (χ0) is 14.1. The van der Waals surface area contributed by atoms with Crippen LogP contribution in [0.15, 0.2) is 51.5 Å². The van der Waals surface area contributed by atoms with Crippen LogP contribution in [0.4, 0.5) is 5.82 Å². The van der Waals surface area contributed by atoms with Crippen LogP contribution in [0.1, 0.15) is 10.9 Å². The lowest BCUT2D eigenvalue weighted by molar-refractivity contribution is -0.115. The van der Waals surface area contributed by atoms with Crippen LogP contribution in [-0.2, 0) is 4.79 Å². The second-order valence-electron chi connectivity index (χ2n) is 4.25. The third kappa shape index (κ3) is 2.52. The van der Waals surface area contributed by atoms with E-state index in [1.807, 2.05) is 36.4 Å². The molecule has 6 heteroatoms. The SMILES string of the molecule is O=C1CSC(c2c(Br)cccc2Br)N1c1ccccn1. The highest BCUT2D eigenvalue weighted by Gasteiger charge is 2.36. The number of nitrogens with zero attached hydrogens (tertiary/aromatic N) is 2. The molecule has 1 aliphatic heterocycles. The van der Waals surface area contributed by atoms with E-state index < -0.39 is 0 Å². The number of anilines is 1. The number of benzene rings is 1. The van der Waals surface area contributed by atoms with Gasteiger partial charge in [-0.2, -0.15) is 0 Å². The van der Waals surface area contributed by atoms with Crippen molar-refractivity contribution in [2.75, 3.05) is 10.7 Å². The summed E-state index contributed by atoms with van der Waals surface area (Å²) in [5.74, 6) is 1.24. The smallest absolute Gasteiger partial charge is 0.239 e. The topological polar surface area (TPSA) is 33.2 Å². The zero-order valence-corrected chi connectivity index (χ0v) is 14.3. The monoisotopic (exact) mass is 412 g/mol. The number of carbonyl (C=O) groups excluding carboxylic acids is 1. The minimum absolute atomic E-state index is 0.0673. The van der Waals surface area contributed by atoms with Gasteiger partial charge in [-0.05, 0) is 24.3 Å². The van der Waals surface area contributed by atoms with Gasteiger partial charge >= 0.3 is 0 Å². The zero-order valence-electron chi connectivity index (χ0n) is 10.3. The Bertz CT molecular complexity index is 631. The molecule has 0 spiro atoms. The number of pyridine rings is 1. The van der Waals surface area contributed by atoms with E-state index in [1.54, 1.807) is 22.9 Å². The van der Waals surface area contributed by atoms with Crippen molar-refractivity contribution in [2.45, 2.75) is 5.37 Å². The third-order valence-corrected chi connectivity index (χ3v) is 5.57. The Balaban J connectivity index is 2.07. The van der Waals surface area contributed by atoms with Gasteiger partial charge < -0.3 is 0 Å². The predicted molar refractivity (Wildman–Crippen MR) is 88.8 cm³/mol. The number of amides is 1. The summed E-state index contributed by atoms with van der Waals surface area (Å²) in [6.45, 7) is 0. The van der Waals surface area contributed by atoms with Crippen LogP contribution in [0, 0.1) is 0 Å². The summed E-state index contributed by atoms with van der Waals surface area (Å²) in [6, 6.07) is 11.5. The van der Waals surface area contributed by atoms with Crippen LogP contribution in [0.25, 0.3) is 0 Å². The molecule has 0 N–H and O–H groups in total. The second-order valence-corrected chi connectivity index (χ2v) is 7.03. The number of hydrogen-bond acceptors (Lipinski definition) is 3. The Morgan fingerprint density at radius 1 is 1.15 bits per heavy atom. The molecule has 0 saturated carbocycles. The Morgan fingerprint density at radius 2 is 1.90 bits per heavy atom. The number of thioether (sulfide) groups is 1. The van der Waals surface area contributed by atoms with Gasteiger partial charge in [0.05, 0.1) is 5.75 Å². The largest absolute Gasteiger partial charge is 0.279 e. The maximum atomic E-state index is 12.2. The van der Waals surface area contributed by atoms with Crippen molar-refractivity contribution in [3.8, 4) is 0 Å². The van der Waals surface area contributed by atoms with Gasteiger partial charge in [-0.25, -0.2) is 4.98 Å². The Hall–Kier alpha value is -0.850. The molecule has 1 aromatic carbocycles. The summed E-state index contributed by atoms with van der Waals surface area (Å²) in [7, 11) is 0. The van der Waals surface area contributed by atoms with Gasteiger partial charge in [0, 0.05) is 20.7 Å². The number of aromatic nitrogens is 1. The van der Waals surface area contributed by atoms with E-state index in [4.69, 9.17) is 0 Å². The summed E-state index contributed by atoms with van der Waals surface area (Å²) in [6.07, 6.45) is 1.71. The third-order valence-electron chi connectivity index (χ3n) is 3.01. The van der Waals surface area contributed by atoms with E-state index in [9.17, 15) is 4.79 Å². The van der Waals surface area contributed by atoms with E-state index in [0.29, 0.717) is 11.6 Å². The molecule has 2 heterocycles. The summed E-state index contributed by atoms with van der Waals surface area (Å²) in [5, 5.41) is -0.0673. The molecule has 20 heavy (non-hydrogen) atoms. The van der Waals surface area contributed by atoms with Crippen molar-refractivity contribution in [3.63, 3.8) is 0 Å². The quantitative estimate of drug-likeness (QED) is 0.732. The molecule has 3 rings (SSSR count). The summed E-state index contributed by atoms with van der Waals surface area (Å²) in [4.78, 5) is 18.3. The molecule has 1 amide bonds. The molecule has 1 fully saturated rings. The Kier molecular flexibility index (Phi) is 4.14. The van der Waals surface area contributed by atoms with Crippen LogP contribution < -0.4 is 4.90 Å². The van der Waals surface area contributed by atoms with Crippen molar-refractivity contribution in [2.24, 2.45) is 0 Å². The number of rotatable bonds is 2. The molecule has 1 atom stereocenters. The van der Waals surface area contributed by atoms with E-state index in [2.05, 4.69) is 36.8 Å². The molecular weight excluding hydrogens is 404 g/mol. The van der Waals surface area contributed by atoms with E-state index >= 15 is 0 Å². The minimum atomic E-state index is -0.0673. The molecule has 102 valence electrons. The number of hydrogen-bond donors (Lipinski definition) is 0. The van der Waals surface area contributed by atoms with Gasteiger partial charge in [-0.1, -0.05) is 44.0 Å². The molecule has 2 aromatic rings. The maximum absolute atomic E-state index is 12.2. The molecule has 1 aromatic heterocycles. The van der Waals surface area contributed by atoms with E-state index in [-0.39, 0.29) is 11.3 Å². The lowest BCUT2D eigenvalue weighted by Crippen LogP contribution is -2.28. The predicted octanol–water partition coefficient (Wildman–Crippen LogP) is 4.39. The Labute approximate surface area is 138 Å². The first-order chi connectivity index (χ1) is 9.68. The first kappa shape index (κ1) is 14.1. The highest BCUT2D eigenvalue weighted by atomic mass is 79.9. The summed E-state index contributed by atoms with van der Waals surface area (Å²) >= 11 is 8.76. The molecule has 1 unspecified atom stereocenters. The second kappa shape index (κ2) is 5.87. The molecule has 0 bridgehead atoms. The fraction of sp³-hybridized carbons (Fsp3) is 0.143. The van der Waals surface area contributed by atoms with Crippen molar-refractivity contribution in [1.82, 2.24) is 4.98 Å². The standard InChI is InChI=1S/C14H10Br2N2OS/c15-9-4-3-5-10(16)13(9)14-18(12(19)8-20-14)11-6-1-2-7-17-11/h1-7,14H,8H2. The van der Waals surface area contributed by atoms with Crippen LogP contribution in [0.5, 0.6) is 0 Å². The first-order valence-corrected chi connectivity index (χ1v) is 8.60. The van der Waals surface area contributed by atoms with Crippen LogP contribution in [-0.4, -0.2) is 16.6 Å². The van der Waals surface area contributed by atoms with Crippen molar-refractivity contribution in [1.29, 1.82) is 0 Å². The fourth-order valence-corrected chi connectivity index (χ4v) is 5.10. The van der Waals surface area contributed by atoms with E-state index in [0.717, 1.165) is 14.5 Å². The van der Waals surface area contributed by atoms with Crippen molar-refractivity contribution in [3.05, 3.63) is 57.1 Å². The van der Waals surface area contributed by atoms with Gasteiger partial charge in [0.25, 0.3) is 0 Å². The normalized spacial score (nSPS) is 18.6. The molecule has 0 radical (unpaired) electrons. The fourth-order valence-electron chi connectivity index (χ4n) is 2.13. The van der Waals surface area contributed by atoms with Crippen molar-refractivity contribution < 1.29 is 4.79 Å². The lowest BCUT2D eigenvalue weighted by atomic mass is 10.2. The van der Waals surface area contributed by atoms with Gasteiger partial charge in [-0.3, -0.25) is 9.69 Å². The van der Waals surface area contributed by atoms with Gasteiger partial charge in [0.2, 0.25) is 5.91 Å². The summed E-state index contributed by atoms with van der Waals surface area (Å²) < 4.78 is 1.97. The number of halogens is 2. The number of carbonyl (C=O) groups is 1. The molecule has 1 saturated heterocycles. The van der Waals surface area contributed by atoms with Crippen LogP contribution in [0.2, 0.25) is 0 Å². The minimum Gasteiger partial charge on any atom is -0.279 e. The highest BCUT2D eigenvalue weighted by molar-refractivity contribution is 9.11. The summed E-state index contributed by atoms with van der Waals surface area (Å²) in [5.41, 5.74) is 1.06. The average molecular weight is 414 g/mol. The van der Waals surface area contributed by atoms with Gasteiger partial charge in [0.1, 0.15) is 11.2 Å². The van der Waals surface area contributed by atoms with E-state index in [1.165, 1.54) is 0 Å². The first-order valence-electron chi connectivity index (χ1n) is 5.97. The molecule has 3 nitrogen and oxygen atoms in total. The average Bonchev–Trinajstić information content (AvgIpc) is 2.81. The van der Waals surface area contributed by atoms with Gasteiger partial charge in [-0.15, -0.1) is 11.8 Å². The van der Waals surface area contributed by atoms with Gasteiger partial charge in [0.15, 0.2) is 0 Å². The molecular formula is C14H10Br2N2OS. The Morgan fingerprint density at radius 3 is 2.55 bits per heavy atom. The highest BCUT2D eigenvalue weighted by Crippen LogP contribution is 2.45. The lowest BCUT2D eigenvalue weighted by Gasteiger charge is -2.24. The van der Waals surface area contributed by atoms with Crippen LogP contribution in [0.3, 0.4) is 0 Å². The maximum Gasteiger partial charge on any atom is 0.239 e. The molecule has 0 aliphatic carbocycles. The van der Waals surface area contributed by atoms with Crippen LogP contribution >= 0.6 is 43.6 Å².